The summed E-state index contributed by atoms with van der Waals surface area (Å²) in [5.41, 5.74) is 0.680. The summed E-state index contributed by atoms with van der Waals surface area (Å²) in [7, 11) is 0. The predicted octanol–water partition coefficient (Wildman–Crippen LogP) is 1.86. The van der Waals surface area contributed by atoms with Crippen LogP contribution in [-0.2, 0) is 26.3 Å². The molecule has 2 aromatic carbocycles. The lowest BCUT2D eigenvalue weighted by molar-refractivity contribution is -0.142. The number of hydrogen-bond acceptors (Lipinski definition) is 6. The van der Waals surface area contributed by atoms with Crippen LogP contribution >= 0.6 is 0 Å². The van der Waals surface area contributed by atoms with Crippen molar-refractivity contribution in [3.63, 3.8) is 0 Å². The van der Waals surface area contributed by atoms with Crippen LogP contribution in [0.2, 0.25) is 0 Å². The Morgan fingerprint density at radius 1 is 1.03 bits per heavy atom. The molecule has 3 heterocycles. The van der Waals surface area contributed by atoms with Gasteiger partial charge in [0.1, 0.15) is 5.54 Å². The number of fused-ring (bicyclic) bond motifs is 4. The van der Waals surface area contributed by atoms with E-state index < -0.39 is 23.4 Å². The number of nitrogens with zero attached hydrogens (tertiary/aromatic N) is 1. The second-order valence-corrected chi connectivity index (χ2v) is 8.77. The average Bonchev–Trinajstić information content (AvgIpc) is 3.34. The molecule has 3 aliphatic heterocycles. The first-order chi connectivity index (χ1) is 15.4. The SMILES string of the molecule is CCCCN1C(=O)[C@H]2[C@@H](C1=O)[C@@]1(N[C@@H]2Cc2ccc(O)c(O)c2)C(=O)Nc2ccccc21. The first-order valence-corrected chi connectivity index (χ1v) is 10.9. The molecule has 0 aliphatic carbocycles. The van der Waals surface area contributed by atoms with Gasteiger partial charge in [-0.25, -0.2) is 0 Å². The molecule has 8 heteroatoms. The number of carbonyl (C=O) groups excluding carboxylic acids is 3. The van der Waals surface area contributed by atoms with Crippen molar-refractivity contribution in [1.82, 2.24) is 10.2 Å². The van der Waals surface area contributed by atoms with Crippen molar-refractivity contribution in [2.45, 2.75) is 37.8 Å². The lowest BCUT2D eigenvalue weighted by atomic mass is 9.76. The molecule has 4 atom stereocenters. The molecular weight excluding hydrogens is 410 g/mol. The highest BCUT2D eigenvalue weighted by molar-refractivity contribution is 6.15. The van der Waals surface area contributed by atoms with Gasteiger partial charge < -0.3 is 15.5 Å². The van der Waals surface area contributed by atoms with Gasteiger partial charge in [0.15, 0.2) is 11.5 Å². The zero-order valence-electron chi connectivity index (χ0n) is 17.7. The number of phenols is 2. The molecule has 1 spiro atoms. The van der Waals surface area contributed by atoms with Crippen LogP contribution in [0.15, 0.2) is 42.5 Å². The predicted molar refractivity (Wildman–Crippen MR) is 116 cm³/mol. The Morgan fingerprint density at radius 2 is 1.81 bits per heavy atom. The molecule has 0 aromatic heterocycles. The molecule has 2 fully saturated rings. The highest BCUT2D eigenvalue weighted by Crippen LogP contribution is 2.53. The molecule has 8 nitrogen and oxygen atoms in total. The van der Waals surface area contributed by atoms with Gasteiger partial charge in [-0.2, -0.15) is 0 Å². The summed E-state index contributed by atoms with van der Waals surface area (Å²) in [6.07, 6.45) is 1.86. The van der Waals surface area contributed by atoms with E-state index >= 15 is 0 Å². The summed E-state index contributed by atoms with van der Waals surface area (Å²) in [6, 6.07) is 11.2. The molecule has 0 bridgehead atoms. The summed E-state index contributed by atoms with van der Waals surface area (Å²) in [5.74, 6) is -2.94. The van der Waals surface area contributed by atoms with E-state index in [4.69, 9.17) is 0 Å². The van der Waals surface area contributed by atoms with Crippen molar-refractivity contribution in [2.24, 2.45) is 11.8 Å². The minimum atomic E-state index is -1.32. The van der Waals surface area contributed by atoms with E-state index in [0.717, 1.165) is 6.42 Å². The lowest BCUT2D eigenvalue weighted by Gasteiger charge is -2.29. The monoisotopic (exact) mass is 435 g/mol. The number of rotatable bonds is 5. The van der Waals surface area contributed by atoms with Crippen LogP contribution in [0, 0.1) is 11.8 Å². The number of anilines is 1. The van der Waals surface area contributed by atoms with Gasteiger partial charge in [-0.15, -0.1) is 0 Å². The van der Waals surface area contributed by atoms with Gasteiger partial charge in [0.05, 0.1) is 11.8 Å². The van der Waals surface area contributed by atoms with Crippen molar-refractivity contribution in [3.8, 4) is 11.5 Å². The van der Waals surface area contributed by atoms with Crippen molar-refractivity contribution in [2.75, 3.05) is 11.9 Å². The minimum Gasteiger partial charge on any atom is -0.504 e. The fraction of sp³-hybridized carbons (Fsp3) is 0.375. The second kappa shape index (κ2) is 7.34. The zero-order valence-corrected chi connectivity index (χ0v) is 17.7. The van der Waals surface area contributed by atoms with Crippen LogP contribution < -0.4 is 10.6 Å². The third-order valence-electron chi connectivity index (χ3n) is 6.94. The van der Waals surface area contributed by atoms with Crippen LogP contribution in [0.3, 0.4) is 0 Å². The van der Waals surface area contributed by atoms with Gasteiger partial charge in [-0.05, 0) is 36.6 Å². The molecule has 4 N–H and O–H groups in total. The number of likely N-dealkylation sites (tertiary alicyclic amines) is 1. The number of unbranched alkanes of at least 4 members (excludes halogenated alkanes) is 1. The average molecular weight is 435 g/mol. The van der Waals surface area contributed by atoms with Gasteiger partial charge in [-0.1, -0.05) is 37.6 Å². The number of carbonyl (C=O) groups is 3. The molecule has 3 amide bonds. The van der Waals surface area contributed by atoms with Gasteiger partial charge >= 0.3 is 0 Å². The van der Waals surface area contributed by atoms with Crippen molar-refractivity contribution in [1.29, 1.82) is 0 Å². The molecule has 166 valence electrons. The molecule has 0 radical (unpaired) electrons. The number of aromatic hydroxyl groups is 2. The van der Waals surface area contributed by atoms with Gasteiger partial charge in [0.2, 0.25) is 17.7 Å². The number of imide groups is 1. The van der Waals surface area contributed by atoms with Crippen molar-refractivity contribution >= 4 is 23.4 Å². The zero-order chi connectivity index (χ0) is 22.6. The lowest BCUT2D eigenvalue weighted by Crippen LogP contribution is -2.53. The Morgan fingerprint density at radius 3 is 2.56 bits per heavy atom. The van der Waals surface area contributed by atoms with E-state index in [2.05, 4.69) is 10.6 Å². The Labute approximate surface area is 185 Å². The third-order valence-corrected chi connectivity index (χ3v) is 6.94. The van der Waals surface area contributed by atoms with E-state index in [0.29, 0.717) is 36.2 Å². The summed E-state index contributed by atoms with van der Waals surface area (Å²) in [4.78, 5) is 41.6. The van der Waals surface area contributed by atoms with Gasteiger partial charge in [0.25, 0.3) is 0 Å². The Bertz CT molecular complexity index is 1130. The number of hydrogen-bond donors (Lipinski definition) is 4. The minimum absolute atomic E-state index is 0.232. The summed E-state index contributed by atoms with van der Waals surface area (Å²) >= 11 is 0. The Balaban J connectivity index is 1.59. The van der Waals surface area contributed by atoms with E-state index in [1.807, 2.05) is 25.1 Å². The molecule has 5 rings (SSSR count). The summed E-state index contributed by atoms with van der Waals surface area (Å²) < 4.78 is 0. The number of nitrogens with one attached hydrogen (secondary N) is 2. The van der Waals surface area contributed by atoms with Crippen molar-refractivity contribution < 1.29 is 24.6 Å². The van der Waals surface area contributed by atoms with E-state index in [1.54, 1.807) is 12.1 Å². The van der Waals surface area contributed by atoms with E-state index in [1.165, 1.54) is 17.0 Å². The summed E-state index contributed by atoms with van der Waals surface area (Å²) in [5, 5.41) is 25.8. The van der Waals surface area contributed by atoms with Gasteiger partial charge in [0, 0.05) is 23.8 Å². The smallest absolute Gasteiger partial charge is 0.250 e. The normalized spacial score (nSPS) is 28.3. The Kier molecular flexibility index (Phi) is 4.70. The maximum absolute atomic E-state index is 13.5. The number of phenolic OH excluding ortho intramolecular Hbond substituents is 2. The molecule has 0 saturated carbocycles. The standard InChI is InChI=1S/C24H25N3O5/c1-2-3-10-27-21(30)19-16(11-13-8-9-17(28)18(29)12-13)26-24(20(19)22(27)31)14-6-4-5-7-15(14)25-23(24)32/h4-9,12,16,19-20,26,28-29H,2-3,10-11H2,1H3,(H,25,32)/t16-,19-,20+,24-/m1/s1. The highest BCUT2D eigenvalue weighted by atomic mass is 16.3. The fourth-order valence-electron chi connectivity index (χ4n) is 5.48. The van der Waals surface area contributed by atoms with Crippen LogP contribution in [0.25, 0.3) is 0 Å². The molecule has 3 aliphatic rings. The Hall–Kier alpha value is -3.39. The molecule has 2 aromatic rings. The molecule has 2 saturated heterocycles. The van der Waals surface area contributed by atoms with Crippen molar-refractivity contribution in [3.05, 3.63) is 53.6 Å². The first-order valence-electron chi connectivity index (χ1n) is 10.9. The maximum Gasteiger partial charge on any atom is 0.250 e. The number of para-hydroxylation sites is 1. The summed E-state index contributed by atoms with van der Waals surface area (Å²) in [6.45, 7) is 2.34. The number of amides is 3. The molecule has 32 heavy (non-hydrogen) atoms. The third kappa shape index (κ3) is 2.75. The maximum atomic E-state index is 13.5. The van der Waals surface area contributed by atoms with Crippen LogP contribution in [0.5, 0.6) is 11.5 Å². The largest absolute Gasteiger partial charge is 0.504 e. The van der Waals surface area contributed by atoms with E-state index in [-0.39, 0.29) is 29.2 Å². The molecular formula is C24H25N3O5. The van der Waals surface area contributed by atoms with Crippen LogP contribution in [-0.4, -0.2) is 45.4 Å². The molecule has 0 unspecified atom stereocenters. The topological polar surface area (TPSA) is 119 Å². The van der Waals surface area contributed by atoms with Crippen LogP contribution in [0.1, 0.15) is 30.9 Å². The quantitative estimate of drug-likeness (QED) is 0.421. The highest BCUT2D eigenvalue weighted by Gasteiger charge is 2.70. The van der Waals surface area contributed by atoms with E-state index in [9.17, 15) is 24.6 Å². The van der Waals surface area contributed by atoms with Crippen LogP contribution in [0.4, 0.5) is 5.69 Å². The second-order valence-electron chi connectivity index (χ2n) is 8.77. The number of benzene rings is 2. The fourth-order valence-corrected chi connectivity index (χ4v) is 5.48. The van der Waals surface area contributed by atoms with Gasteiger partial charge in [-0.3, -0.25) is 24.6 Å². The first kappa shape index (κ1) is 20.5.